The van der Waals surface area contributed by atoms with Crippen LogP contribution >= 0.6 is 0 Å². The Balaban J connectivity index is 2.56. The number of benzene rings is 2. The summed E-state index contributed by atoms with van der Waals surface area (Å²) in [5, 5.41) is 12.4. The number of ketones is 1. The maximum atomic E-state index is 12.1. The number of nitrogens with two attached hydrogens (primary N) is 1. The van der Waals surface area contributed by atoms with E-state index in [1.807, 2.05) is 14.1 Å². The molecule has 29 heavy (non-hydrogen) atoms. The molecule has 6 heteroatoms. The Labute approximate surface area is 171 Å². The molecule has 0 fully saturated rings. The number of nitrogen functional groups attached to an aromatic ring is 1. The maximum Gasteiger partial charge on any atom is 0.159 e. The zero-order valence-electron chi connectivity index (χ0n) is 17.0. The molecule has 150 valence electrons. The van der Waals surface area contributed by atoms with Gasteiger partial charge in [0.15, 0.2) is 12.1 Å². The van der Waals surface area contributed by atoms with Crippen molar-refractivity contribution < 1.29 is 9.59 Å². The fourth-order valence-electron chi connectivity index (χ4n) is 2.94. The summed E-state index contributed by atoms with van der Waals surface area (Å²) < 4.78 is 0. The summed E-state index contributed by atoms with van der Waals surface area (Å²) in [6.07, 6.45) is 1.63. The van der Waals surface area contributed by atoms with Crippen LogP contribution in [0, 0.1) is 11.3 Å². The lowest BCUT2D eigenvalue weighted by Crippen LogP contribution is -2.21. The van der Waals surface area contributed by atoms with Gasteiger partial charge in [-0.2, -0.15) is 5.26 Å². The van der Waals surface area contributed by atoms with Gasteiger partial charge in [-0.3, -0.25) is 9.59 Å². The molecule has 0 radical (unpaired) electrons. The Hall–Kier alpha value is -3.43. The van der Waals surface area contributed by atoms with Crippen molar-refractivity contribution in [3.05, 3.63) is 64.7 Å². The van der Waals surface area contributed by atoms with Crippen LogP contribution in [0.15, 0.2) is 42.5 Å². The van der Waals surface area contributed by atoms with Crippen LogP contribution in [0.2, 0.25) is 0 Å². The van der Waals surface area contributed by atoms with E-state index in [1.165, 1.54) is 6.92 Å². The van der Waals surface area contributed by atoms with Gasteiger partial charge in [-0.25, -0.2) is 0 Å². The van der Waals surface area contributed by atoms with Gasteiger partial charge in [-0.05, 0) is 69.9 Å². The Morgan fingerprint density at radius 1 is 1.17 bits per heavy atom. The summed E-state index contributed by atoms with van der Waals surface area (Å²) in [7, 11) is 4.00. The van der Waals surface area contributed by atoms with Gasteiger partial charge in [0, 0.05) is 28.9 Å². The first-order valence-electron chi connectivity index (χ1n) is 9.36. The van der Waals surface area contributed by atoms with Gasteiger partial charge in [-0.15, -0.1) is 0 Å². The molecule has 2 aromatic carbocycles. The molecule has 0 aliphatic heterocycles. The largest absolute Gasteiger partial charge is 0.398 e. The van der Waals surface area contributed by atoms with Gasteiger partial charge in [0.25, 0.3) is 0 Å². The highest BCUT2D eigenvalue weighted by Gasteiger charge is 2.15. The van der Waals surface area contributed by atoms with Crippen LogP contribution in [0.5, 0.6) is 0 Å². The van der Waals surface area contributed by atoms with Gasteiger partial charge in [0.2, 0.25) is 0 Å². The van der Waals surface area contributed by atoms with Crippen molar-refractivity contribution in [2.45, 2.75) is 13.3 Å². The van der Waals surface area contributed by atoms with E-state index in [0.717, 1.165) is 24.8 Å². The quantitative estimate of drug-likeness (QED) is 0.171. The maximum absolute atomic E-state index is 12.1. The first kappa shape index (κ1) is 21.9. The van der Waals surface area contributed by atoms with Gasteiger partial charge < -0.3 is 16.0 Å². The normalized spacial score (nSPS) is 11.6. The van der Waals surface area contributed by atoms with Crippen molar-refractivity contribution in [2.75, 3.05) is 32.9 Å². The molecule has 0 spiro atoms. The van der Waals surface area contributed by atoms with Crippen molar-refractivity contribution in [3.63, 3.8) is 0 Å². The number of aldehydes is 1. The standard InChI is InChI=1S/C23H26N4O2/c1-16(29)19-9-10-22(25)20(13-19)21(15-28)23(26-11-4-12-27(2)3)18-7-5-17(14-24)6-8-18/h5-10,13,15,26H,4,11-12,25H2,1-3H3/b23-21+. The first-order chi connectivity index (χ1) is 13.9. The molecule has 6 nitrogen and oxygen atoms in total. The van der Waals surface area contributed by atoms with Gasteiger partial charge in [0.05, 0.1) is 17.3 Å². The van der Waals surface area contributed by atoms with Crippen LogP contribution in [-0.2, 0) is 4.79 Å². The van der Waals surface area contributed by atoms with E-state index in [2.05, 4.69) is 16.3 Å². The number of Topliss-reactive ketones (excluding diaryl/α,β-unsaturated/α-hetero) is 1. The van der Waals surface area contributed by atoms with E-state index < -0.39 is 0 Å². The number of anilines is 1. The molecule has 0 bridgehead atoms. The molecular formula is C23H26N4O2. The predicted octanol–water partition coefficient (Wildman–Crippen LogP) is 2.95. The fraction of sp³-hybridized carbons (Fsp3) is 0.261. The highest BCUT2D eigenvalue weighted by atomic mass is 16.1. The third kappa shape index (κ3) is 5.77. The Morgan fingerprint density at radius 2 is 1.83 bits per heavy atom. The van der Waals surface area contributed by atoms with Crippen LogP contribution in [0.1, 0.15) is 40.4 Å². The second-order valence-electron chi connectivity index (χ2n) is 7.04. The number of nitrogens with zero attached hydrogens (tertiary/aromatic N) is 2. The average molecular weight is 390 g/mol. The number of carbonyl (C=O) groups excluding carboxylic acids is 2. The lowest BCUT2D eigenvalue weighted by atomic mass is 9.96. The predicted molar refractivity (Wildman–Crippen MR) is 116 cm³/mol. The molecule has 2 aromatic rings. The van der Waals surface area contributed by atoms with Crippen molar-refractivity contribution in [1.82, 2.24) is 10.2 Å². The summed E-state index contributed by atoms with van der Waals surface area (Å²) >= 11 is 0. The molecule has 0 heterocycles. The first-order valence-corrected chi connectivity index (χ1v) is 9.36. The third-order valence-electron chi connectivity index (χ3n) is 4.52. The minimum atomic E-state index is -0.102. The van der Waals surface area contributed by atoms with E-state index in [4.69, 9.17) is 11.0 Å². The molecule has 0 aromatic heterocycles. The number of hydrogen-bond donors (Lipinski definition) is 2. The number of allylic oxidation sites excluding steroid dienone is 1. The van der Waals surface area contributed by atoms with E-state index in [0.29, 0.717) is 40.2 Å². The second kappa shape index (κ2) is 10.2. The summed E-state index contributed by atoms with van der Waals surface area (Å²) in [5.74, 6) is -0.102. The van der Waals surface area contributed by atoms with E-state index in [9.17, 15) is 9.59 Å². The molecule has 0 amide bonds. The highest BCUT2D eigenvalue weighted by molar-refractivity contribution is 6.19. The van der Waals surface area contributed by atoms with Crippen molar-refractivity contribution in [3.8, 4) is 6.07 Å². The summed E-state index contributed by atoms with van der Waals surface area (Å²) in [4.78, 5) is 26.0. The Morgan fingerprint density at radius 3 is 2.38 bits per heavy atom. The number of carbonyl (C=O) groups is 2. The lowest BCUT2D eigenvalue weighted by Gasteiger charge is -2.17. The molecule has 0 aliphatic carbocycles. The van der Waals surface area contributed by atoms with Gasteiger partial charge >= 0.3 is 0 Å². The number of rotatable bonds is 9. The van der Waals surface area contributed by atoms with E-state index >= 15 is 0 Å². The van der Waals surface area contributed by atoms with Gasteiger partial charge in [0.1, 0.15) is 0 Å². The molecule has 0 atom stereocenters. The minimum absolute atomic E-state index is 0.102. The van der Waals surface area contributed by atoms with Crippen LogP contribution in [0.4, 0.5) is 5.69 Å². The lowest BCUT2D eigenvalue weighted by molar-refractivity contribution is -0.103. The smallest absolute Gasteiger partial charge is 0.159 e. The number of nitriles is 1. The highest BCUT2D eigenvalue weighted by Crippen LogP contribution is 2.28. The van der Waals surface area contributed by atoms with E-state index in [1.54, 1.807) is 42.5 Å². The third-order valence-corrected chi connectivity index (χ3v) is 4.52. The Bertz CT molecular complexity index is 954. The van der Waals surface area contributed by atoms with E-state index in [-0.39, 0.29) is 5.78 Å². The zero-order chi connectivity index (χ0) is 21.4. The molecule has 3 N–H and O–H groups in total. The van der Waals surface area contributed by atoms with Gasteiger partial charge in [-0.1, -0.05) is 12.1 Å². The molecule has 0 saturated heterocycles. The topological polar surface area (TPSA) is 99.2 Å². The van der Waals surface area contributed by atoms with Crippen LogP contribution in [-0.4, -0.2) is 44.2 Å². The molecular weight excluding hydrogens is 364 g/mol. The van der Waals surface area contributed by atoms with Crippen LogP contribution in [0.3, 0.4) is 0 Å². The summed E-state index contributed by atoms with van der Waals surface area (Å²) in [6.45, 7) is 3.02. The molecule has 0 aliphatic rings. The minimum Gasteiger partial charge on any atom is -0.398 e. The van der Waals surface area contributed by atoms with Crippen LogP contribution < -0.4 is 11.1 Å². The second-order valence-corrected chi connectivity index (χ2v) is 7.04. The molecule has 0 unspecified atom stereocenters. The SMILES string of the molecule is CC(=O)c1ccc(N)c(/C(C=O)=C(/NCCCN(C)C)c2ccc(C#N)cc2)c1. The monoisotopic (exact) mass is 390 g/mol. The molecule has 0 saturated carbocycles. The molecule has 2 rings (SSSR count). The number of hydrogen-bond acceptors (Lipinski definition) is 6. The van der Waals surface area contributed by atoms with Crippen molar-refractivity contribution >= 4 is 29.0 Å². The summed E-state index contributed by atoms with van der Waals surface area (Å²) in [6, 6.07) is 14.0. The Kier molecular flexibility index (Phi) is 7.70. The summed E-state index contributed by atoms with van der Waals surface area (Å²) in [5.41, 5.74) is 9.85. The van der Waals surface area contributed by atoms with Crippen LogP contribution in [0.25, 0.3) is 11.3 Å². The van der Waals surface area contributed by atoms with Crippen molar-refractivity contribution in [1.29, 1.82) is 5.26 Å². The zero-order valence-corrected chi connectivity index (χ0v) is 17.0. The average Bonchev–Trinajstić information content (AvgIpc) is 2.71. The number of nitrogens with one attached hydrogen (secondary N) is 1. The van der Waals surface area contributed by atoms with Crippen molar-refractivity contribution in [2.24, 2.45) is 0 Å². The fourth-order valence-corrected chi connectivity index (χ4v) is 2.94.